The maximum absolute atomic E-state index is 12.3. The van der Waals surface area contributed by atoms with Crippen molar-refractivity contribution in [3.8, 4) is 11.6 Å². The number of nitrogens with zero attached hydrogens (tertiary/aromatic N) is 2. The van der Waals surface area contributed by atoms with E-state index in [-0.39, 0.29) is 0 Å². The summed E-state index contributed by atoms with van der Waals surface area (Å²) in [6.07, 6.45) is 0. The van der Waals surface area contributed by atoms with Crippen LogP contribution in [0.25, 0.3) is 5.69 Å². The first-order valence-corrected chi connectivity index (χ1v) is 7.12. The molecule has 0 saturated carbocycles. The molecule has 0 N–H and O–H groups in total. The zero-order valence-corrected chi connectivity index (χ0v) is 12.6. The van der Waals surface area contributed by atoms with E-state index in [9.17, 15) is 4.79 Å². The largest absolute Gasteiger partial charge is 0.404 e. The molecule has 3 rings (SSSR count). The van der Waals surface area contributed by atoms with Crippen molar-refractivity contribution in [1.29, 1.82) is 0 Å². The van der Waals surface area contributed by atoms with Crippen molar-refractivity contribution in [2.45, 2.75) is 6.92 Å². The Balaban J connectivity index is 1.94. The predicted molar refractivity (Wildman–Crippen MR) is 84.7 cm³/mol. The average Bonchev–Trinajstić information content (AvgIpc) is 2.89. The van der Waals surface area contributed by atoms with E-state index in [1.165, 1.54) is 0 Å². The molecule has 0 amide bonds. The molecule has 0 fully saturated rings. The van der Waals surface area contributed by atoms with E-state index in [0.717, 1.165) is 11.4 Å². The molecular formula is C17H13ClN2O2. The topological polar surface area (TPSA) is 44.1 Å². The summed E-state index contributed by atoms with van der Waals surface area (Å²) in [5, 5.41) is 4.71. The van der Waals surface area contributed by atoms with Gasteiger partial charge in [0.05, 0.1) is 22.0 Å². The van der Waals surface area contributed by atoms with E-state index in [1.54, 1.807) is 35.0 Å². The summed E-state index contributed by atoms with van der Waals surface area (Å²) in [5.41, 5.74) is 1.89. The zero-order chi connectivity index (χ0) is 15.5. The molecule has 0 spiro atoms. The number of halogens is 1. The summed E-state index contributed by atoms with van der Waals surface area (Å²) in [7, 11) is 0. The molecule has 2 aromatic carbocycles. The van der Waals surface area contributed by atoms with Crippen LogP contribution in [0.3, 0.4) is 0 Å². The lowest BCUT2D eigenvalue weighted by atomic mass is 10.2. The molecule has 0 bridgehead atoms. The monoisotopic (exact) mass is 312 g/mol. The lowest BCUT2D eigenvalue weighted by Crippen LogP contribution is -2.12. The van der Waals surface area contributed by atoms with Gasteiger partial charge in [0.2, 0.25) is 5.88 Å². The fraction of sp³-hybridized carbons (Fsp3) is 0.0588. The molecule has 0 aliphatic rings. The van der Waals surface area contributed by atoms with Crippen molar-refractivity contribution in [3.63, 3.8) is 0 Å². The molecule has 0 aliphatic heterocycles. The van der Waals surface area contributed by atoms with Gasteiger partial charge in [-0.05, 0) is 31.2 Å². The van der Waals surface area contributed by atoms with E-state index in [2.05, 4.69) is 5.10 Å². The molecule has 5 heteroatoms. The van der Waals surface area contributed by atoms with Gasteiger partial charge in [-0.2, -0.15) is 5.10 Å². The minimum Gasteiger partial charge on any atom is -0.404 e. The SMILES string of the molecule is Cc1cc(OC(=O)c2ccccc2Cl)n(-c2ccccc2)n1. The van der Waals surface area contributed by atoms with Crippen molar-refractivity contribution in [1.82, 2.24) is 9.78 Å². The van der Waals surface area contributed by atoms with Gasteiger partial charge in [-0.25, -0.2) is 9.48 Å². The van der Waals surface area contributed by atoms with Gasteiger partial charge in [0.15, 0.2) is 0 Å². The molecule has 0 unspecified atom stereocenters. The second kappa shape index (κ2) is 6.03. The van der Waals surface area contributed by atoms with Crippen molar-refractivity contribution in [2.24, 2.45) is 0 Å². The summed E-state index contributed by atoms with van der Waals surface area (Å²) in [6.45, 7) is 1.84. The van der Waals surface area contributed by atoms with Crippen LogP contribution >= 0.6 is 11.6 Å². The highest BCUT2D eigenvalue weighted by molar-refractivity contribution is 6.33. The minimum atomic E-state index is -0.511. The second-order valence-electron chi connectivity index (χ2n) is 4.74. The van der Waals surface area contributed by atoms with Gasteiger partial charge in [-0.3, -0.25) is 0 Å². The van der Waals surface area contributed by atoms with Crippen LogP contribution in [-0.2, 0) is 0 Å². The fourth-order valence-electron chi connectivity index (χ4n) is 2.08. The van der Waals surface area contributed by atoms with Crippen LogP contribution < -0.4 is 4.74 Å². The number of aryl methyl sites for hydroxylation is 1. The Hall–Kier alpha value is -2.59. The van der Waals surface area contributed by atoms with Gasteiger partial charge < -0.3 is 4.74 Å². The first kappa shape index (κ1) is 14.4. The number of carbonyl (C=O) groups is 1. The normalized spacial score (nSPS) is 10.5. The molecule has 0 atom stereocenters. The lowest BCUT2D eigenvalue weighted by Gasteiger charge is -2.08. The summed E-state index contributed by atoms with van der Waals surface area (Å²) in [6, 6.07) is 18.0. The van der Waals surface area contributed by atoms with Crippen LogP contribution in [0.2, 0.25) is 5.02 Å². The van der Waals surface area contributed by atoms with Gasteiger partial charge >= 0.3 is 5.97 Å². The summed E-state index contributed by atoms with van der Waals surface area (Å²) in [5.74, 6) is -0.156. The number of para-hydroxylation sites is 1. The van der Waals surface area contributed by atoms with Crippen LogP contribution in [0.1, 0.15) is 16.1 Å². The van der Waals surface area contributed by atoms with Crippen LogP contribution in [0.15, 0.2) is 60.7 Å². The molecule has 0 saturated heterocycles. The number of carbonyl (C=O) groups excluding carboxylic acids is 1. The number of hydrogen-bond donors (Lipinski definition) is 0. The third-order valence-corrected chi connectivity index (χ3v) is 3.42. The first-order valence-electron chi connectivity index (χ1n) is 6.74. The maximum Gasteiger partial charge on any atom is 0.346 e. The van der Waals surface area contributed by atoms with E-state index >= 15 is 0 Å². The van der Waals surface area contributed by atoms with Crippen molar-refractivity contribution in [3.05, 3.63) is 76.9 Å². The average molecular weight is 313 g/mol. The quantitative estimate of drug-likeness (QED) is 0.685. The van der Waals surface area contributed by atoms with Crippen molar-refractivity contribution in [2.75, 3.05) is 0 Å². The Morgan fingerprint density at radius 1 is 1.09 bits per heavy atom. The van der Waals surface area contributed by atoms with Gasteiger partial charge in [0.1, 0.15) is 0 Å². The molecule has 0 aliphatic carbocycles. The van der Waals surface area contributed by atoms with Crippen LogP contribution in [0, 0.1) is 6.92 Å². The summed E-state index contributed by atoms with van der Waals surface area (Å²) in [4.78, 5) is 12.3. The second-order valence-corrected chi connectivity index (χ2v) is 5.15. The van der Waals surface area contributed by atoms with E-state index in [4.69, 9.17) is 16.3 Å². The number of hydrogen-bond acceptors (Lipinski definition) is 3. The Kier molecular flexibility index (Phi) is 3.94. The van der Waals surface area contributed by atoms with Gasteiger partial charge in [-0.1, -0.05) is 41.9 Å². The van der Waals surface area contributed by atoms with Crippen LogP contribution in [0.4, 0.5) is 0 Å². The molecule has 3 aromatic rings. The predicted octanol–water partition coefficient (Wildman–Crippen LogP) is 4.05. The van der Waals surface area contributed by atoms with E-state index in [0.29, 0.717) is 16.5 Å². The summed E-state index contributed by atoms with van der Waals surface area (Å²) >= 11 is 6.02. The van der Waals surface area contributed by atoms with Gasteiger partial charge in [0, 0.05) is 6.07 Å². The zero-order valence-electron chi connectivity index (χ0n) is 11.9. The lowest BCUT2D eigenvalue weighted by molar-refractivity contribution is 0.0723. The molecule has 1 heterocycles. The van der Waals surface area contributed by atoms with E-state index in [1.807, 2.05) is 37.3 Å². The number of benzene rings is 2. The Bertz CT molecular complexity index is 813. The van der Waals surface area contributed by atoms with Crippen molar-refractivity contribution >= 4 is 17.6 Å². The first-order chi connectivity index (χ1) is 10.6. The standard InChI is InChI=1S/C17H13ClN2O2/c1-12-11-16(20(19-12)13-7-3-2-4-8-13)22-17(21)14-9-5-6-10-15(14)18/h2-11H,1H3. The highest BCUT2D eigenvalue weighted by atomic mass is 35.5. The third kappa shape index (κ3) is 2.87. The Morgan fingerprint density at radius 2 is 1.77 bits per heavy atom. The Labute approximate surface area is 132 Å². The Morgan fingerprint density at radius 3 is 2.50 bits per heavy atom. The number of rotatable bonds is 3. The minimum absolute atomic E-state index is 0.322. The molecular weight excluding hydrogens is 300 g/mol. The smallest absolute Gasteiger partial charge is 0.346 e. The van der Waals surface area contributed by atoms with Crippen molar-refractivity contribution < 1.29 is 9.53 Å². The third-order valence-electron chi connectivity index (χ3n) is 3.09. The highest BCUT2D eigenvalue weighted by Gasteiger charge is 2.16. The molecule has 1 aromatic heterocycles. The highest BCUT2D eigenvalue weighted by Crippen LogP contribution is 2.22. The summed E-state index contributed by atoms with van der Waals surface area (Å²) < 4.78 is 7.05. The number of ether oxygens (including phenoxy) is 1. The number of aromatic nitrogens is 2. The molecule has 0 radical (unpaired) electrons. The number of esters is 1. The van der Waals surface area contributed by atoms with Crippen LogP contribution in [0.5, 0.6) is 5.88 Å². The van der Waals surface area contributed by atoms with Gasteiger partial charge in [0.25, 0.3) is 0 Å². The molecule has 4 nitrogen and oxygen atoms in total. The van der Waals surface area contributed by atoms with Gasteiger partial charge in [-0.15, -0.1) is 0 Å². The molecule has 110 valence electrons. The molecule has 22 heavy (non-hydrogen) atoms. The maximum atomic E-state index is 12.3. The fourth-order valence-corrected chi connectivity index (χ4v) is 2.29. The van der Waals surface area contributed by atoms with Crippen LogP contribution in [-0.4, -0.2) is 15.7 Å². The van der Waals surface area contributed by atoms with E-state index < -0.39 is 5.97 Å².